The number of rotatable bonds is 18. The fraction of sp³-hybridized carbons (Fsp3) is 0.692. The molecule has 6 saturated heterocycles. The largest absolute Gasteiger partial charge is 0.461 e. The van der Waals surface area contributed by atoms with Crippen LogP contribution in [-0.2, 0) is 28.6 Å². The maximum atomic E-state index is 13.5. The zero-order valence-electron chi connectivity index (χ0n) is 61.2. The lowest BCUT2D eigenvalue weighted by Crippen LogP contribution is -2.52. The molecule has 98 heavy (non-hydrogen) atoms. The number of anilines is 3. The van der Waals surface area contributed by atoms with Gasteiger partial charge in [0.05, 0.1) is 47.2 Å². The maximum absolute atomic E-state index is 13.5. The standard InChI is InChI=1S/C27H37N3O3.C22H33N3O2.C22H35N3.C7H10O5.H2O.H2/c1-4-33-27(32)25-26(31)30(24-8-6-5-7-23(24)28-25)22-15-20-13-14-21(16-22)29(20)19-11-9-18(10-12-19)17(2)3;1-15(2)16-7-9-18(10-8-16)24-19-11-12-20(24)14-17(13-19)23-21-5-3-4-6-22(21)25(26)27;1-15(2)16-7-9-18(10-8-16)25-19-11-12-20(25)14-17(13-19)24-22-6-4-3-5-21(22)23;1-3-11-6(9)5(8)7(10)12-4-2;;/h5-8,17-22H,4,9-16H2,1-3H3;3-6,15-20,23H,7-14H2,1-2H3;3-6,15-20,24H,7-14,23H2,1-2H3;3-4H2,1-2H3;1H2;1H/t18?,19?,20-,21+,22?;2*16?,17?,18?,19-,20+;;;/i/hD. The molecule has 9 fully saturated rings. The fourth-order valence-electron chi connectivity index (χ4n) is 19.2. The van der Waals surface area contributed by atoms with Gasteiger partial charge in [0.15, 0.2) is 0 Å². The van der Waals surface area contributed by atoms with Gasteiger partial charge >= 0.3 is 23.7 Å². The van der Waals surface area contributed by atoms with Crippen LogP contribution in [0.4, 0.5) is 22.7 Å². The van der Waals surface area contributed by atoms with Crippen molar-refractivity contribution >= 4 is 57.5 Å². The van der Waals surface area contributed by atoms with Crippen molar-refractivity contribution in [2.45, 2.75) is 289 Å². The van der Waals surface area contributed by atoms with Crippen molar-refractivity contribution in [3.63, 3.8) is 0 Å². The number of fused-ring (bicyclic) bond motifs is 7. The summed E-state index contributed by atoms with van der Waals surface area (Å²) in [7, 11) is 0. The summed E-state index contributed by atoms with van der Waals surface area (Å²) in [6.07, 6.45) is 31.1. The van der Waals surface area contributed by atoms with Gasteiger partial charge in [-0.05, 0) is 241 Å². The number of piperidine rings is 3. The van der Waals surface area contributed by atoms with Crippen molar-refractivity contribution in [3.8, 4) is 0 Å². The van der Waals surface area contributed by atoms with Crippen LogP contribution in [0.15, 0.2) is 77.6 Å². The van der Waals surface area contributed by atoms with Gasteiger partial charge in [0.1, 0.15) is 5.69 Å². The molecule has 9 aliphatic rings. The van der Waals surface area contributed by atoms with Crippen LogP contribution in [0.2, 0.25) is 0 Å². The van der Waals surface area contributed by atoms with Gasteiger partial charge in [0.25, 0.3) is 11.2 Å². The molecule has 20 heteroatoms. The highest BCUT2D eigenvalue weighted by Crippen LogP contribution is 2.48. The number of carbonyl (C=O) groups excluding carboxylic acids is 4. The molecule has 9 atom stereocenters. The second-order valence-corrected chi connectivity index (χ2v) is 30.7. The normalized spacial score (nSPS) is 29.8. The van der Waals surface area contributed by atoms with Crippen molar-refractivity contribution < 1.29 is 46.6 Å². The quantitative estimate of drug-likeness (QED) is 0.0159. The van der Waals surface area contributed by atoms with Crippen LogP contribution >= 0.6 is 0 Å². The number of esters is 3. The van der Waals surface area contributed by atoms with E-state index >= 15 is 0 Å². The average molecular weight is 1360 g/mol. The number of nitro benzene ring substituents is 1. The molecular weight excluding hydrogens is 1240 g/mol. The number of hydrogen-bond donors (Lipinski definition) is 3. The van der Waals surface area contributed by atoms with Gasteiger partial charge in [-0.2, -0.15) is 0 Å². The molecule has 3 unspecified atom stereocenters. The molecule has 542 valence electrons. The smallest absolute Gasteiger partial charge is 0.386 e. The number of nitrogens with two attached hydrogens (primary N) is 1. The molecule has 7 heterocycles. The summed E-state index contributed by atoms with van der Waals surface area (Å²) >= 11 is 0. The number of ketones is 1. The van der Waals surface area contributed by atoms with E-state index < -0.39 is 23.7 Å². The Morgan fingerprint density at radius 3 is 1.29 bits per heavy atom. The second kappa shape index (κ2) is 35.2. The van der Waals surface area contributed by atoms with Gasteiger partial charge < -0.3 is 40.6 Å². The van der Waals surface area contributed by atoms with Crippen molar-refractivity contribution in [1.82, 2.24) is 24.3 Å². The number of carbonyl (C=O) groups is 4. The zero-order valence-corrected chi connectivity index (χ0v) is 60.2. The predicted molar refractivity (Wildman–Crippen MR) is 389 cm³/mol. The lowest BCUT2D eigenvalue weighted by molar-refractivity contribution is -0.384. The number of nitrogen functional groups attached to an aromatic ring is 1. The van der Waals surface area contributed by atoms with Crippen LogP contribution in [0, 0.1) is 45.6 Å². The van der Waals surface area contributed by atoms with Gasteiger partial charge in [-0.15, -0.1) is 0 Å². The van der Waals surface area contributed by atoms with E-state index in [4.69, 9.17) is 17.4 Å². The van der Waals surface area contributed by atoms with Gasteiger partial charge in [-0.25, -0.2) is 19.4 Å². The summed E-state index contributed by atoms with van der Waals surface area (Å²) < 4.78 is 20.3. The van der Waals surface area contributed by atoms with Crippen molar-refractivity contribution in [2.75, 3.05) is 36.2 Å². The number of ether oxygens (including phenoxy) is 3. The minimum Gasteiger partial charge on any atom is -0.461 e. The van der Waals surface area contributed by atoms with E-state index in [1.165, 1.54) is 142 Å². The first-order valence-corrected chi connectivity index (χ1v) is 37.7. The van der Waals surface area contributed by atoms with Crippen molar-refractivity contribution in [1.29, 1.82) is 0 Å². The lowest BCUT2D eigenvalue weighted by atomic mass is 9.78. The first-order valence-electron chi connectivity index (χ1n) is 38.2. The minimum atomic E-state index is -1.27. The fourth-order valence-corrected chi connectivity index (χ4v) is 19.2. The van der Waals surface area contributed by atoms with Crippen molar-refractivity contribution in [2.24, 2.45) is 35.5 Å². The number of nitrogens with zero attached hydrogens (tertiary/aromatic N) is 6. The van der Waals surface area contributed by atoms with E-state index in [2.05, 4.69) is 93.5 Å². The zero-order chi connectivity index (χ0) is 71.0. The molecule has 6 bridgehead atoms. The molecule has 3 aliphatic carbocycles. The number of hydrogen-bond acceptors (Lipinski definition) is 17. The number of para-hydroxylation sites is 6. The Morgan fingerprint density at radius 2 is 0.888 bits per heavy atom. The summed E-state index contributed by atoms with van der Waals surface area (Å²) in [4.78, 5) is 81.9. The Labute approximate surface area is 585 Å². The molecule has 0 spiro atoms. The van der Waals surface area contributed by atoms with E-state index in [1.807, 2.05) is 53.1 Å². The number of aromatic nitrogens is 2. The highest BCUT2D eigenvalue weighted by Gasteiger charge is 2.48. The number of nitro groups is 1. The van der Waals surface area contributed by atoms with E-state index in [0.29, 0.717) is 53.5 Å². The molecule has 6 aliphatic heterocycles. The van der Waals surface area contributed by atoms with Crippen LogP contribution in [0.3, 0.4) is 0 Å². The monoisotopic (exact) mass is 1360 g/mol. The molecule has 1 aromatic heterocycles. The Balaban J connectivity index is 0.000000175. The predicted octanol–water partition coefficient (Wildman–Crippen LogP) is 14.2. The van der Waals surface area contributed by atoms with Crippen LogP contribution in [0.25, 0.3) is 11.0 Å². The number of nitrogens with one attached hydrogen (secondary N) is 2. The van der Waals surface area contributed by atoms with E-state index in [1.54, 1.807) is 19.1 Å². The third kappa shape index (κ3) is 18.2. The number of benzene rings is 3. The summed E-state index contributed by atoms with van der Waals surface area (Å²) in [6, 6.07) is 30.3. The lowest BCUT2D eigenvalue weighted by Gasteiger charge is -2.46. The SMILES string of the molecule is CC(C)C1CCC(N2[C@@H]3CC[C@H]2CC(Nc2ccccc2N)C3)CC1.CC(C)C1CCC(N2[C@@H]3CC[C@H]2CC(Nc2ccccc2[N+](=O)[O-])C3)CC1.CCOC(=O)C(=O)C(=O)OCC.CCOC(=O)c1nc2ccccc2n(C2C[C@H]3CC[C@@H](C2)N3C2CCC(C(C)C)CC2)c1=O.[2H]O.[HH]. The third-order valence-electron chi connectivity index (χ3n) is 24.0. The minimum absolute atomic E-state index is 0. The third-order valence-corrected chi connectivity index (χ3v) is 24.0. The van der Waals surface area contributed by atoms with Gasteiger partial charge in [0.2, 0.25) is 7.13 Å². The highest BCUT2D eigenvalue weighted by molar-refractivity contribution is 6.60. The van der Waals surface area contributed by atoms with E-state index in [9.17, 15) is 34.1 Å². The molecular formula is C78H119N9O11. The van der Waals surface area contributed by atoms with E-state index in [-0.39, 0.29) is 49.2 Å². The molecule has 4 aromatic rings. The molecule has 6 N–H and O–H groups in total. The van der Waals surface area contributed by atoms with Crippen molar-refractivity contribution in [3.05, 3.63) is 99.0 Å². The Bertz CT molecular complexity index is 3290. The topological polar surface area (TPSA) is 265 Å². The van der Waals surface area contributed by atoms with E-state index in [0.717, 1.165) is 102 Å². The summed E-state index contributed by atoms with van der Waals surface area (Å²) in [5.74, 6) is 0.998. The average Bonchev–Trinajstić information content (AvgIpc) is 1.36. The van der Waals surface area contributed by atoms with Crippen LogP contribution in [0.5, 0.6) is 0 Å². The van der Waals surface area contributed by atoms with Gasteiger partial charge in [-0.1, -0.05) is 77.9 Å². The van der Waals surface area contributed by atoms with Gasteiger partial charge in [0, 0.05) is 80.0 Å². The Hall–Kier alpha value is -6.48. The summed E-state index contributed by atoms with van der Waals surface area (Å²) in [5.41, 5.74) is 16.4. The van der Waals surface area contributed by atoms with Crippen LogP contribution in [-0.4, -0.2) is 145 Å². The van der Waals surface area contributed by atoms with Crippen LogP contribution < -0.4 is 21.9 Å². The molecule has 20 nitrogen and oxygen atoms in total. The van der Waals surface area contributed by atoms with Crippen LogP contribution in [0.1, 0.15) is 236 Å². The van der Waals surface area contributed by atoms with Gasteiger partial charge in [-0.3, -0.25) is 34.4 Å². The molecule has 3 saturated carbocycles. The summed E-state index contributed by atoms with van der Waals surface area (Å²) in [6.45, 7) is 19.4. The maximum Gasteiger partial charge on any atom is 0.386 e. The molecule has 0 radical (unpaired) electrons. The number of Topliss-reactive ketones (excluding diaryl/α,β-unsaturated/α-hetero) is 1. The molecule has 0 amide bonds. The molecule has 3 aromatic carbocycles. The Kier molecular flexibility index (Phi) is 26.7. The second-order valence-electron chi connectivity index (χ2n) is 30.7. The first-order chi connectivity index (χ1) is 47.7. The summed E-state index contributed by atoms with van der Waals surface area (Å²) in [5, 5.41) is 18.5. The highest BCUT2D eigenvalue weighted by atomic mass is 16.6. The first kappa shape index (κ1) is 74.2. The Morgan fingerprint density at radius 1 is 0.531 bits per heavy atom. The molecule has 13 rings (SSSR count).